The SMILES string of the molecule is CC(=O)c1cc2c(nc1NCC(C)(C)C)OCO2. The normalized spacial score (nSPS) is 13.6. The predicted octanol–water partition coefficient (Wildman–Crippen LogP) is 2.47. The lowest BCUT2D eigenvalue weighted by molar-refractivity contribution is 0.101. The molecule has 1 N–H and O–H groups in total. The van der Waals surface area contributed by atoms with Crippen LogP contribution in [0.1, 0.15) is 38.1 Å². The summed E-state index contributed by atoms with van der Waals surface area (Å²) in [6.45, 7) is 8.73. The zero-order valence-electron chi connectivity index (χ0n) is 11.2. The number of hydrogen-bond acceptors (Lipinski definition) is 5. The fourth-order valence-corrected chi connectivity index (χ4v) is 1.59. The van der Waals surface area contributed by atoms with E-state index in [1.807, 2.05) is 0 Å². The van der Waals surface area contributed by atoms with Crippen molar-refractivity contribution in [1.82, 2.24) is 4.98 Å². The van der Waals surface area contributed by atoms with Gasteiger partial charge < -0.3 is 14.8 Å². The summed E-state index contributed by atoms with van der Waals surface area (Å²) < 4.78 is 10.4. The summed E-state index contributed by atoms with van der Waals surface area (Å²) in [6, 6.07) is 1.68. The Kier molecular flexibility index (Phi) is 3.15. The molecule has 0 saturated carbocycles. The van der Waals surface area contributed by atoms with E-state index in [0.29, 0.717) is 23.0 Å². The van der Waals surface area contributed by atoms with Crippen LogP contribution in [0.4, 0.5) is 5.82 Å². The molecule has 0 aromatic carbocycles. The van der Waals surface area contributed by atoms with E-state index in [9.17, 15) is 4.79 Å². The molecule has 1 aliphatic heterocycles. The van der Waals surface area contributed by atoms with Crippen LogP contribution in [0.2, 0.25) is 0 Å². The van der Waals surface area contributed by atoms with E-state index < -0.39 is 0 Å². The molecule has 1 aromatic heterocycles. The molecule has 1 aromatic rings. The van der Waals surface area contributed by atoms with E-state index in [0.717, 1.165) is 6.54 Å². The van der Waals surface area contributed by atoms with Gasteiger partial charge in [0.2, 0.25) is 6.79 Å². The zero-order valence-corrected chi connectivity index (χ0v) is 11.2. The Morgan fingerprint density at radius 3 is 2.78 bits per heavy atom. The fourth-order valence-electron chi connectivity index (χ4n) is 1.59. The van der Waals surface area contributed by atoms with E-state index >= 15 is 0 Å². The van der Waals surface area contributed by atoms with Gasteiger partial charge in [-0.15, -0.1) is 0 Å². The number of fused-ring (bicyclic) bond motifs is 1. The minimum Gasteiger partial charge on any atom is -0.452 e. The lowest BCUT2D eigenvalue weighted by Gasteiger charge is -2.20. The average molecular weight is 250 g/mol. The number of nitrogens with one attached hydrogen (secondary N) is 1. The molecule has 98 valence electrons. The van der Waals surface area contributed by atoms with E-state index in [4.69, 9.17) is 9.47 Å². The third kappa shape index (κ3) is 2.72. The second kappa shape index (κ2) is 4.48. The van der Waals surface area contributed by atoms with Gasteiger partial charge in [0.25, 0.3) is 5.88 Å². The summed E-state index contributed by atoms with van der Waals surface area (Å²) >= 11 is 0. The first-order valence-electron chi connectivity index (χ1n) is 5.92. The number of carbonyl (C=O) groups is 1. The van der Waals surface area contributed by atoms with Gasteiger partial charge >= 0.3 is 0 Å². The maximum absolute atomic E-state index is 11.6. The molecule has 0 fully saturated rings. The van der Waals surface area contributed by atoms with Crippen molar-refractivity contribution in [3.05, 3.63) is 11.6 Å². The van der Waals surface area contributed by atoms with Gasteiger partial charge in [-0.2, -0.15) is 4.98 Å². The van der Waals surface area contributed by atoms with Crippen LogP contribution in [0.3, 0.4) is 0 Å². The van der Waals surface area contributed by atoms with Crippen LogP contribution >= 0.6 is 0 Å². The Hall–Kier alpha value is -1.78. The first kappa shape index (κ1) is 12.7. The molecule has 0 unspecified atom stereocenters. The third-order valence-electron chi connectivity index (χ3n) is 2.53. The van der Waals surface area contributed by atoms with Gasteiger partial charge in [-0.3, -0.25) is 4.79 Å². The summed E-state index contributed by atoms with van der Waals surface area (Å²) in [5.41, 5.74) is 0.634. The van der Waals surface area contributed by atoms with Gasteiger partial charge in [-0.1, -0.05) is 20.8 Å². The van der Waals surface area contributed by atoms with Gasteiger partial charge in [0.05, 0.1) is 5.56 Å². The maximum Gasteiger partial charge on any atom is 0.262 e. The Bertz CT molecular complexity index is 478. The number of aromatic nitrogens is 1. The number of ether oxygens (including phenoxy) is 2. The highest BCUT2D eigenvalue weighted by Gasteiger charge is 2.21. The van der Waals surface area contributed by atoms with Crippen LogP contribution < -0.4 is 14.8 Å². The largest absolute Gasteiger partial charge is 0.452 e. The summed E-state index contributed by atoms with van der Waals surface area (Å²) in [5.74, 6) is 1.48. The van der Waals surface area contributed by atoms with Gasteiger partial charge in [0.1, 0.15) is 5.82 Å². The van der Waals surface area contributed by atoms with Crippen molar-refractivity contribution in [2.24, 2.45) is 5.41 Å². The van der Waals surface area contributed by atoms with E-state index in [-0.39, 0.29) is 18.0 Å². The number of anilines is 1. The summed E-state index contributed by atoms with van der Waals surface area (Å²) in [7, 11) is 0. The number of hydrogen-bond donors (Lipinski definition) is 1. The third-order valence-corrected chi connectivity index (χ3v) is 2.53. The number of rotatable bonds is 3. The topological polar surface area (TPSA) is 60.5 Å². The summed E-state index contributed by atoms with van der Waals surface area (Å²) in [5, 5.41) is 3.20. The van der Waals surface area contributed by atoms with Crippen LogP contribution in [0.15, 0.2) is 6.07 Å². The number of pyridine rings is 1. The van der Waals surface area contributed by atoms with Crippen LogP contribution in [0, 0.1) is 5.41 Å². The Balaban J connectivity index is 2.30. The highest BCUT2D eigenvalue weighted by Crippen LogP contribution is 2.34. The standard InChI is InChI=1S/C13H18N2O3/c1-8(16)9-5-10-12(18-7-17-10)15-11(9)14-6-13(2,3)4/h5H,6-7H2,1-4H3,(H,14,15). The molecule has 0 saturated heterocycles. The predicted molar refractivity (Wildman–Crippen MR) is 68.3 cm³/mol. The van der Waals surface area contributed by atoms with Crippen LogP contribution in [-0.2, 0) is 0 Å². The molecule has 0 bridgehead atoms. The second-order valence-electron chi connectivity index (χ2n) is 5.56. The van der Waals surface area contributed by atoms with E-state index in [1.165, 1.54) is 6.92 Å². The van der Waals surface area contributed by atoms with Crippen molar-refractivity contribution in [3.8, 4) is 11.6 Å². The van der Waals surface area contributed by atoms with Crippen LogP contribution in [0.25, 0.3) is 0 Å². The molecular weight excluding hydrogens is 232 g/mol. The molecule has 5 heteroatoms. The molecular formula is C13H18N2O3. The molecule has 2 heterocycles. The monoisotopic (exact) mass is 250 g/mol. The van der Waals surface area contributed by atoms with Crippen LogP contribution in [0.5, 0.6) is 11.6 Å². The first-order chi connectivity index (χ1) is 8.37. The van der Waals surface area contributed by atoms with Crippen LogP contribution in [-0.4, -0.2) is 24.1 Å². The van der Waals surface area contributed by atoms with Crippen molar-refractivity contribution in [3.63, 3.8) is 0 Å². The minimum atomic E-state index is -0.0443. The number of carbonyl (C=O) groups excluding carboxylic acids is 1. The molecule has 1 aliphatic rings. The van der Waals surface area contributed by atoms with Crippen molar-refractivity contribution < 1.29 is 14.3 Å². The molecule has 0 atom stereocenters. The Morgan fingerprint density at radius 2 is 2.17 bits per heavy atom. The first-order valence-corrected chi connectivity index (χ1v) is 5.92. The lowest BCUT2D eigenvalue weighted by atomic mass is 9.97. The van der Waals surface area contributed by atoms with E-state index in [1.54, 1.807) is 6.07 Å². The lowest BCUT2D eigenvalue weighted by Crippen LogP contribution is -2.20. The van der Waals surface area contributed by atoms with Gasteiger partial charge in [-0.05, 0) is 12.3 Å². The van der Waals surface area contributed by atoms with Crippen molar-refractivity contribution in [2.75, 3.05) is 18.7 Å². The Labute approximate surface area is 107 Å². The number of nitrogens with zero attached hydrogens (tertiary/aromatic N) is 1. The molecule has 18 heavy (non-hydrogen) atoms. The average Bonchev–Trinajstić information content (AvgIpc) is 2.70. The smallest absolute Gasteiger partial charge is 0.262 e. The Morgan fingerprint density at radius 1 is 1.44 bits per heavy atom. The van der Waals surface area contributed by atoms with Crippen molar-refractivity contribution in [1.29, 1.82) is 0 Å². The highest BCUT2D eigenvalue weighted by atomic mass is 16.7. The molecule has 2 rings (SSSR count). The molecule has 0 aliphatic carbocycles. The van der Waals surface area contributed by atoms with Crippen molar-refractivity contribution in [2.45, 2.75) is 27.7 Å². The van der Waals surface area contributed by atoms with Gasteiger partial charge in [-0.25, -0.2) is 0 Å². The molecule has 5 nitrogen and oxygen atoms in total. The fraction of sp³-hybridized carbons (Fsp3) is 0.538. The number of ketones is 1. The molecule has 0 radical (unpaired) electrons. The van der Waals surface area contributed by atoms with Gasteiger partial charge in [0, 0.05) is 12.6 Å². The second-order valence-corrected chi connectivity index (χ2v) is 5.56. The number of Topliss-reactive ketones (excluding diaryl/α,β-unsaturated/α-hetero) is 1. The summed E-state index contributed by atoms with van der Waals surface area (Å²) in [6.07, 6.45) is 0. The quantitative estimate of drug-likeness (QED) is 0.835. The molecule has 0 spiro atoms. The van der Waals surface area contributed by atoms with Crippen molar-refractivity contribution >= 4 is 11.6 Å². The van der Waals surface area contributed by atoms with Gasteiger partial charge in [0.15, 0.2) is 11.5 Å². The highest BCUT2D eigenvalue weighted by molar-refractivity contribution is 5.99. The van der Waals surface area contributed by atoms with E-state index in [2.05, 4.69) is 31.1 Å². The minimum absolute atomic E-state index is 0.0443. The zero-order chi connectivity index (χ0) is 13.3. The molecule has 0 amide bonds. The maximum atomic E-state index is 11.6. The summed E-state index contributed by atoms with van der Waals surface area (Å²) in [4.78, 5) is 15.9.